The standard InChI is InChI=1S/C24H46O4/c1-21(2)15-11-13-19-27-23(25)17-9-7-5-6-8-10-18-24(26)28-20-14-12-16-22(3)4/h21-22H,5-20H2,1-4H3. The highest BCUT2D eigenvalue weighted by Gasteiger charge is 2.04. The van der Waals surface area contributed by atoms with E-state index in [1.807, 2.05) is 0 Å². The van der Waals surface area contributed by atoms with Gasteiger partial charge in [0.1, 0.15) is 0 Å². The van der Waals surface area contributed by atoms with Crippen LogP contribution in [0.3, 0.4) is 0 Å². The van der Waals surface area contributed by atoms with Gasteiger partial charge >= 0.3 is 11.9 Å². The average molecular weight is 399 g/mol. The molecule has 0 aromatic carbocycles. The van der Waals surface area contributed by atoms with E-state index in [9.17, 15) is 9.59 Å². The van der Waals surface area contributed by atoms with Gasteiger partial charge in [0, 0.05) is 12.8 Å². The van der Waals surface area contributed by atoms with E-state index in [0.717, 1.165) is 76.0 Å². The van der Waals surface area contributed by atoms with Gasteiger partial charge in [-0.2, -0.15) is 0 Å². The van der Waals surface area contributed by atoms with Crippen LogP contribution in [0.15, 0.2) is 0 Å². The van der Waals surface area contributed by atoms with Crippen LogP contribution in [0.2, 0.25) is 0 Å². The zero-order valence-corrected chi connectivity index (χ0v) is 19.1. The first-order chi connectivity index (χ1) is 13.4. The Hall–Kier alpha value is -1.06. The fourth-order valence-electron chi connectivity index (χ4n) is 3.07. The van der Waals surface area contributed by atoms with Crippen molar-refractivity contribution in [2.45, 2.75) is 118 Å². The zero-order valence-electron chi connectivity index (χ0n) is 19.1. The predicted octanol–water partition coefficient (Wildman–Crippen LogP) is 6.85. The molecule has 28 heavy (non-hydrogen) atoms. The minimum Gasteiger partial charge on any atom is -0.466 e. The maximum atomic E-state index is 11.6. The molecule has 0 aromatic heterocycles. The fraction of sp³-hybridized carbons (Fsp3) is 0.917. The van der Waals surface area contributed by atoms with E-state index in [-0.39, 0.29) is 11.9 Å². The van der Waals surface area contributed by atoms with Crippen LogP contribution in [0, 0.1) is 11.8 Å². The van der Waals surface area contributed by atoms with Gasteiger partial charge in [0.05, 0.1) is 13.2 Å². The first kappa shape index (κ1) is 26.9. The number of hydrogen-bond donors (Lipinski definition) is 0. The second kappa shape index (κ2) is 19.3. The second-order valence-corrected chi connectivity index (χ2v) is 8.84. The maximum absolute atomic E-state index is 11.6. The lowest BCUT2D eigenvalue weighted by Crippen LogP contribution is -2.06. The fourth-order valence-corrected chi connectivity index (χ4v) is 3.07. The van der Waals surface area contributed by atoms with Crippen molar-refractivity contribution < 1.29 is 19.1 Å². The van der Waals surface area contributed by atoms with Crippen LogP contribution in [0.1, 0.15) is 118 Å². The smallest absolute Gasteiger partial charge is 0.305 e. The molecule has 0 aliphatic carbocycles. The summed E-state index contributed by atoms with van der Waals surface area (Å²) in [6.07, 6.45) is 13.9. The molecule has 0 aromatic rings. The van der Waals surface area contributed by atoms with Crippen LogP contribution in [0.5, 0.6) is 0 Å². The van der Waals surface area contributed by atoms with Crippen LogP contribution in [-0.4, -0.2) is 25.2 Å². The first-order valence-corrected chi connectivity index (χ1v) is 11.7. The van der Waals surface area contributed by atoms with Crippen molar-refractivity contribution >= 4 is 11.9 Å². The molecular weight excluding hydrogens is 352 g/mol. The SMILES string of the molecule is CC(C)CCCCOC(=O)CCCCCCCCC(=O)OCCCCC(C)C. The molecule has 0 fully saturated rings. The van der Waals surface area contributed by atoms with Gasteiger partial charge in [0.25, 0.3) is 0 Å². The Kier molecular flexibility index (Phi) is 18.5. The molecule has 166 valence electrons. The van der Waals surface area contributed by atoms with Crippen molar-refractivity contribution in [3.63, 3.8) is 0 Å². The van der Waals surface area contributed by atoms with Crippen molar-refractivity contribution in [2.75, 3.05) is 13.2 Å². The molecule has 4 heteroatoms. The van der Waals surface area contributed by atoms with E-state index in [1.165, 1.54) is 12.8 Å². The molecule has 0 amide bonds. The third-order valence-electron chi connectivity index (χ3n) is 4.89. The zero-order chi connectivity index (χ0) is 21.0. The Balaban J connectivity index is 3.29. The largest absolute Gasteiger partial charge is 0.466 e. The highest BCUT2D eigenvalue weighted by molar-refractivity contribution is 5.69. The first-order valence-electron chi connectivity index (χ1n) is 11.7. The number of ether oxygens (including phenoxy) is 2. The highest BCUT2D eigenvalue weighted by atomic mass is 16.5. The van der Waals surface area contributed by atoms with Crippen LogP contribution < -0.4 is 0 Å². The number of esters is 2. The molecule has 0 N–H and O–H groups in total. The Labute approximate surface area is 174 Å². The summed E-state index contributed by atoms with van der Waals surface area (Å²) in [5, 5.41) is 0. The van der Waals surface area contributed by atoms with Crippen molar-refractivity contribution in [3.05, 3.63) is 0 Å². The van der Waals surface area contributed by atoms with Gasteiger partial charge in [-0.25, -0.2) is 0 Å². The third kappa shape index (κ3) is 21.2. The lowest BCUT2D eigenvalue weighted by molar-refractivity contribution is -0.144. The molecular formula is C24H46O4. The minimum absolute atomic E-state index is 0.0549. The summed E-state index contributed by atoms with van der Waals surface area (Å²) in [5.74, 6) is 1.34. The second-order valence-electron chi connectivity index (χ2n) is 8.84. The highest BCUT2D eigenvalue weighted by Crippen LogP contribution is 2.11. The van der Waals surface area contributed by atoms with E-state index in [1.54, 1.807) is 0 Å². The van der Waals surface area contributed by atoms with Crippen molar-refractivity contribution in [1.82, 2.24) is 0 Å². The molecule has 0 radical (unpaired) electrons. The molecule has 0 unspecified atom stereocenters. The molecule has 0 rings (SSSR count). The Morgan fingerprint density at radius 1 is 0.536 bits per heavy atom. The van der Waals surface area contributed by atoms with E-state index in [2.05, 4.69) is 27.7 Å². The summed E-state index contributed by atoms with van der Waals surface area (Å²) in [7, 11) is 0. The number of carbonyl (C=O) groups is 2. The number of unbranched alkanes of at least 4 members (excludes halogenated alkanes) is 7. The lowest BCUT2D eigenvalue weighted by Gasteiger charge is -2.07. The monoisotopic (exact) mass is 398 g/mol. The van der Waals surface area contributed by atoms with Crippen LogP contribution in [-0.2, 0) is 19.1 Å². The molecule has 0 saturated heterocycles. The van der Waals surface area contributed by atoms with Crippen molar-refractivity contribution in [3.8, 4) is 0 Å². The normalized spacial score (nSPS) is 11.2. The molecule has 0 spiro atoms. The summed E-state index contributed by atoms with van der Waals surface area (Å²) in [4.78, 5) is 23.3. The molecule has 4 nitrogen and oxygen atoms in total. The van der Waals surface area contributed by atoms with Gasteiger partial charge in [-0.15, -0.1) is 0 Å². The summed E-state index contributed by atoms with van der Waals surface area (Å²) in [6.45, 7) is 10.0. The minimum atomic E-state index is -0.0549. The van der Waals surface area contributed by atoms with Gasteiger partial charge in [0.2, 0.25) is 0 Å². The van der Waals surface area contributed by atoms with E-state index in [0.29, 0.717) is 26.1 Å². The lowest BCUT2D eigenvalue weighted by atomic mass is 10.1. The van der Waals surface area contributed by atoms with Crippen LogP contribution >= 0.6 is 0 Å². The van der Waals surface area contributed by atoms with Crippen LogP contribution in [0.25, 0.3) is 0 Å². The molecule has 0 atom stereocenters. The summed E-state index contributed by atoms with van der Waals surface area (Å²) < 4.78 is 10.5. The molecule has 0 saturated carbocycles. The Morgan fingerprint density at radius 2 is 0.893 bits per heavy atom. The van der Waals surface area contributed by atoms with Crippen LogP contribution in [0.4, 0.5) is 0 Å². The predicted molar refractivity (Wildman–Crippen MR) is 116 cm³/mol. The molecule has 0 bridgehead atoms. The Morgan fingerprint density at radius 3 is 1.25 bits per heavy atom. The molecule has 0 aliphatic rings. The van der Waals surface area contributed by atoms with Gasteiger partial charge in [-0.3, -0.25) is 9.59 Å². The van der Waals surface area contributed by atoms with Gasteiger partial charge in [0.15, 0.2) is 0 Å². The van der Waals surface area contributed by atoms with Crippen molar-refractivity contribution in [1.29, 1.82) is 0 Å². The van der Waals surface area contributed by atoms with E-state index >= 15 is 0 Å². The van der Waals surface area contributed by atoms with E-state index < -0.39 is 0 Å². The quantitative estimate of drug-likeness (QED) is 0.176. The van der Waals surface area contributed by atoms with Gasteiger partial charge < -0.3 is 9.47 Å². The molecule has 0 heterocycles. The topological polar surface area (TPSA) is 52.6 Å². The summed E-state index contributed by atoms with van der Waals surface area (Å²) in [5.41, 5.74) is 0. The van der Waals surface area contributed by atoms with Crippen molar-refractivity contribution in [2.24, 2.45) is 11.8 Å². The average Bonchev–Trinajstić information content (AvgIpc) is 2.62. The summed E-state index contributed by atoms with van der Waals surface area (Å²) in [6, 6.07) is 0. The number of hydrogen-bond acceptors (Lipinski definition) is 4. The third-order valence-corrected chi connectivity index (χ3v) is 4.89. The van der Waals surface area contributed by atoms with Gasteiger partial charge in [-0.05, 0) is 50.4 Å². The van der Waals surface area contributed by atoms with E-state index in [4.69, 9.17) is 9.47 Å². The number of rotatable bonds is 19. The summed E-state index contributed by atoms with van der Waals surface area (Å²) >= 11 is 0. The maximum Gasteiger partial charge on any atom is 0.305 e. The molecule has 0 aliphatic heterocycles. The Bertz CT molecular complexity index is 341. The van der Waals surface area contributed by atoms with Gasteiger partial charge in [-0.1, -0.05) is 66.2 Å². The number of carbonyl (C=O) groups excluding carboxylic acids is 2.